The van der Waals surface area contributed by atoms with Gasteiger partial charge in [0.15, 0.2) is 0 Å². The van der Waals surface area contributed by atoms with E-state index in [0.717, 1.165) is 0 Å². The zero-order valence-electron chi connectivity index (χ0n) is 10.0. The minimum Gasteiger partial charge on any atom is -0.0625 e. The third kappa shape index (κ3) is 0.562. The topological polar surface area (TPSA) is 0 Å². The first-order chi connectivity index (χ1) is 5.00. The number of rotatable bonds is 0. The molecule has 0 aliphatic heterocycles. The molecule has 0 N–H and O–H groups in total. The molecular weight excluding hydrogens is 72.1 g/mol. The highest BCUT2D eigenvalue weighted by Crippen LogP contribution is 2.31. The van der Waals surface area contributed by atoms with Crippen LogP contribution < -0.4 is 0 Å². The van der Waals surface area contributed by atoms with Crippen LogP contribution in [0.4, 0.5) is 0 Å². The minimum atomic E-state index is -2.09. The van der Waals surface area contributed by atoms with Gasteiger partial charge in [-0.1, -0.05) is 13.8 Å². The van der Waals surface area contributed by atoms with Gasteiger partial charge in [0.25, 0.3) is 0 Å². The Hall–Kier alpha value is 0. The first-order valence-electron chi connectivity index (χ1n) is 5.00. The second kappa shape index (κ2) is 1.25. The van der Waals surface area contributed by atoms with Gasteiger partial charge in [-0.05, 0) is 24.5 Å². The van der Waals surface area contributed by atoms with E-state index in [1.165, 1.54) is 13.8 Å². The summed E-state index contributed by atoms with van der Waals surface area (Å²) in [5.74, 6) is -3.65. The molecule has 1 saturated carbocycles. The minimum absolute atomic E-state index is 1.20. The van der Waals surface area contributed by atoms with Crippen molar-refractivity contribution in [2.24, 2.45) is 11.8 Å². The van der Waals surface area contributed by atoms with Crippen LogP contribution in [0.3, 0.4) is 0 Å². The highest BCUT2D eigenvalue weighted by atomic mass is 14.2. The van der Waals surface area contributed by atoms with E-state index in [9.17, 15) is 0 Å². The third-order valence-electron chi connectivity index (χ3n) is 0.750. The first-order valence-corrected chi connectivity index (χ1v) is 2.00. The van der Waals surface area contributed by atoms with Gasteiger partial charge in [-0.2, -0.15) is 0 Å². The van der Waals surface area contributed by atoms with E-state index in [1.807, 2.05) is 0 Å². The van der Waals surface area contributed by atoms with Gasteiger partial charge in [-0.25, -0.2) is 0 Å². The van der Waals surface area contributed by atoms with Gasteiger partial charge in [0.2, 0.25) is 0 Å². The Morgan fingerprint density at radius 1 is 1.50 bits per heavy atom. The summed E-state index contributed by atoms with van der Waals surface area (Å²) in [6.45, 7) is 2.40. The van der Waals surface area contributed by atoms with Crippen LogP contribution in [0.1, 0.15) is 34.8 Å². The van der Waals surface area contributed by atoms with Crippen molar-refractivity contribution < 1.29 is 8.22 Å². The monoisotopic (exact) mass is 90.1 g/mol. The summed E-state index contributed by atoms with van der Waals surface area (Å²) in [5, 5.41) is 0. The van der Waals surface area contributed by atoms with Gasteiger partial charge >= 0.3 is 0 Å². The van der Waals surface area contributed by atoms with Crippen molar-refractivity contribution in [2.45, 2.75) is 26.6 Å². The van der Waals surface area contributed by atoms with Crippen LogP contribution >= 0.6 is 0 Å². The van der Waals surface area contributed by atoms with E-state index in [0.29, 0.717) is 0 Å². The van der Waals surface area contributed by atoms with Crippen molar-refractivity contribution in [1.29, 1.82) is 0 Å². The maximum atomic E-state index is 7.46. The van der Waals surface area contributed by atoms with Crippen LogP contribution in [-0.4, -0.2) is 0 Å². The standard InChI is InChI=1S/C6H12/c1-5-3-6(2)4-5/h5-6H,3-4H2,1-2H3/i3D2,4D2,5D,6D. The molecule has 1 fully saturated rings. The fourth-order valence-electron chi connectivity index (χ4n) is 0.562. The smallest absolute Gasteiger partial charge is 0.0300 e. The lowest BCUT2D eigenvalue weighted by atomic mass is 9.78. The Bertz CT molecular complexity index is 152. The lowest BCUT2D eigenvalue weighted by molar-refractivity contribution is 0.233. The Kier molecular flexibility index (Phi) is 0.217. The Balaban J connectivity index is 3.16. The number of hydrogen-bond acceptors (Lipinski definition) is 0. The quantitative estimate of drug-likeness (QED) is 0.427. The van der Waals surface area contributed by atoms with Crippen molar-refractivity contribution >= 4 is 0 Å². The molecule has 0 heterocycles. The van der Waals surface area contributed by atoms with Crippen molar-refractivity contribution in [3.05, 3.63) is 0 Å². The average Bonchev–Trinajstić information content (AvgIpc) is 1.84. The summed E-state index contributed by atoms with van der Waals surface area (Å²) in [4.78, 5) is 0. The van der Waals surface area contributed by atoms with E-state index in [2.05, 4.69) is 0 Å². The summed E-state index contributed by atoms with van der Waals surface area (Å²) in [5.41, 5.74) is 0. The number of hydrogen-bond donors (Lipinski definition) is 0. The Morgan fingerprint density at radius 2 is 1.83 bits per heavy atom. The normalized spacial score (nSPS) is 101. The molecule has 0 unspecified atom stereocenters. The molecule has 36 valence electrons. The van der Waals surface area contributed by atoms with E-state index >= 15 is 0 Å². The molecule has 0 radical (unpaired) electrons. The molecule has 0 spiro atoms. The molecule has 1 aliphatic rings. The second-order valence-electron chi connectivity index (χ2n) is 1.50. The van der Waals surface area contributed by atoms with Crippen LogP contribution in [0.5, 0.6) is 0 Å². The molecular formula is C6H12. The Morgan fingerprint density at radius 3 is 2.00 bits per heavy atom. The van der Waals surface area contributed by atoms with Crippen LogP contribution in [-0.2, 0) is 0 Å². The second-order valence-corrected chi connectivity index (χ2v) is 1.50. The summed E-state index contributed by atoms with van der Waals surface area (Å²) in [6, 6.07) is 0. The lowest BCUT2D eigenvalue weighted by Gasteiger charge is -2.28. The maximum absolute atomic E-state index is 7.46. The molecule has 0 nitrogen and oxygen atoms in total. The predicted molar refractivity (Wildman–Crippen MR) is 27.6 cm³/mol. The maximum Gasteiger partial charge on any atom is 0.0300 e. The van der Waals surface area contributed by atoms with Gasteiger partial charge in [0.05, 0.1) is 0 Å². The molecule has 6 heavy (non-hydrogen) atoms. The van der Waals surface area contributed by atoms with E-state index < -0.39 is 24.5 Å². The Labute approximate surface area is 48.0 Å². The summed E-state index contributed by atoms with van der Waals surface area (Å²) in [6.07, 6.45) is -4.19. The summed E-state index contributed by atoms with van der Waals surface area (Å²) in [7, 11) is 0. The van der Waals surface area contributed by atoms with Gasteiger partial charge in [0.1, 0.15) is 0 Å². The largest absolute Gasteiger partial charge is 0.0625 e. The van der Waals surface area contributed by atoms with E-state index in [1.54, 1.807) is 0 Å². The van der Waals surface area contributed by atoms with Gasteiger partial charge in [0, 0.05) is 8.22 Å². The molecule has 1 rings (SSSR count). The molecule has 0 amide bonds. The van der Waals surface area contributed by atoms with Crippen LogP contribution in [0, 0.1) is 11.8 Å². The first kappa shape index (κ1) is 1.04. The van der Waals surface area contributed by atoms with Gasteiger partial charge in [-0.3, -0.25) is 0 Å². The van der Waals surface area contributed by atoms with Crippen molar-refractivity contribution in [2.75, 3.05) is 0 Å². The molecule has 0 atom stereocenters. The fourth-order valence-corrected chi connectivity index (χ4v) is 0.562. The van der Waals surface area contributed by atoms with Crippen molar-refractivity contribution in [1.82, 2.24) is 0 Å². The molecule has 0 bridgehead atoms. The fraction of sp³-hybridized carbons (Fsp3) is 1.00. The molecule has 0 saturated heterocycles. The van der Waals surface area contributed by atoms with Gasteiger partial charge < -0.3 is 0 Å². The predicted octanol–water partition coefficient (Wildman–Crippen LogP) is 2.05. The molecule has 0 aromatic rings. The van der Waals surface area contributed by atoms with Crippen LogP contribution in [0.15, 0.2) is 0 Å². The van der Waals surface area contributed by atoms with Crippen molar-refractivity contribution in [3.63, 3.8) is 0 Å². The van der Waals surface area contributed by atoms with E-state index in [-0.39, 0.29) is 0 Å². The highest BCUT2D eigenvalue weighted by Gasteiger charge is 2.19. The van der Waals surface area contributed by atoms with Crippen LogP contribution in [0.2, 0.25) is 0 Å². The highest BCUT2D eigenvalue weighted by molar-refractivity contribution is 4.71. The third-order valence-corrected chi connectivity index (χ3v) is 0.750. The summed E-state index contributed by atoms with van der Waals surface area (Å²) >= 11 is 0. The molecule has 0 aromatic heterocycles. The van der Waals surface area contributed by atoms with E-state index in [4.69, 9.17) is 8.22 Å². The summed E-state index contributed by atoms with van der Waals surface area (Å²) < 4.78 is 44.4. The van der Waals surface area contributed by atoms with Gasteiger partial charge in [-0.15, -0.1) is 0 Å². The molecule has 0 aromatic carbocycles. The molecule has 1 aliphatic carbocycles. The zero-order chi connectivity index (χ0) is 10.0. The van der Waals surface area contributed by atoms with Crippen molar-refractivity contribution in [3.8, 4) is 0 Å². The zero-order valence-corrected chi connectivity index (χ0v) is 4.00. The lowest BCUT2D eigenvalue weighted by Crippen LogP contribution is -2.16. The SMILES string of the molecule is [2H]C1([2H])C([2H])(C)C([2H])([2H])C1([2H])C. The molecule has 0 heteroatoms. The van der Waals surface area contributed by atoms with Crippen LogP contribution in [0.25, 0.3) is 0 Å². The average molecular weight is 90.2 g/mol.